The highest BCUT2D eigenvalue weighted by atomic mass is 35.5. The normalized spacial score (nSPS) is 15.6. The molecule has 0 aliphatic heterocycles. The van der Waals surface area contributed by atoms with Crippen LogP contribution in [0.1, 0.15) is 42.7 Å². The predicted octanol–water partition coefficient (Wildman–Crippen LogP) is 3.21. The molecule has 0 spiro atoms. The number of aryl methyl sites for hydroxylation is 1. The SMILES string of the molecule is Cc1cc(Cl)nc2c(C(=O)NC(C)(C)C3CC3)ccn12. The van der Waals surface area contributed by atoms with Crippen LogP contribution in [0.15, 0.2) is 18.3 Å². The molecule has 0 atom stereocenters. The van der Waals surface area contributed by atoms with E-state index in [4.69, 9.17) is 11.6 Å². The van der Waals surface area contributed by atoms with Gasteiger partial charge in [-0.15, -0.1) is 0 Å². The molecule has 1 aliphatic carbocycles. The van der Waals surface area contributed by atoms with Crippen LogP contribution in [-0.2, 0) is 0 Å². The zero-order valence-electron chi connectivity index (χ0n) is 11.9. The summed E-state index contributed by atoms with van der Waals surface area (Å²) >= 11 is 5.99. The Morgan fingerprint density at radius 1 is 1.50 bits per heavy atom. The lowest BCUT2D eigenvalue weighted by atomic mass is 9.98. The number of amides is 1. The van der Waals surface area contributed by atoms with E-state index >= 15 is 0 Å². The largest absolute Gasteiger partial charge is 0.347 e. The molecule has 1 amide bonds. The van der Waals surface area contributed by atoms with Crippen LogP contribution in [0.2, 0.25) is 5.15 Å². The van der Waals surface area contributed by atoms with E-state index in [2.05, 4.69) is 24.1 Å². The zero-order chi connectivity index (χ0) is 14.5. The molecule has 2 aromatic heterocycles. The van der Waals surface area contributed by atoms with Crippen molar-refractivity contribution in [1.82, 2.24) is 14.7 Å². The van der Waals surface area contributed by atoms with Crippen molar-refractivity contribution in [3.05, 3.63) is 34.7 Å². The van der Waals surface area contributed by atoms with E-state index in [9.17, 15) is 4.79 Å². The molecule has 1 saturated carbocycles. The van der Waals surface area contributed by atoms with Gasteiger partial charge in [0.1, 0.15) is 5.15 Å². The number of nitrogens with one attached hydrogen (secondary N) is 1. The van der Waals surface area contributed by atoms with E-state index in [-0.39, 0.29) is 11.4 Å². The molecule has 1 N–H and O–H groups in total. The first-order valence-electron chi connectivity index (χ1n) is 6.85. The first kappa shape index (κ1) is 13.4. The zero-order valence-corrected chi connectivity index (χ0v) is 12.7. The second-order valence-corrected chi connectivity index (χ2v) is 6.48. The smallest absolute Gasteiger partial charge is 0.255 e. The summed E-state index contributed by atoms with van der Waals surface area (Å²) in [5.74, 6) is 0.497. The first-order valence-corrected chi connectivity index (χ1v) is 7.23. The maximum Gasteiger partial charge on any atom is 0.255 e. The monoisotopic (exact) mass is 291 g/mol. The van der Waals surface area contributed by atoms with Crippen molar-refractivity contribution in [2.75, 3.05) is 0 Å². The molecule has 2 aromatic rings. The average Bonchev–Trinajstić information content (AvgIpc) is 3.10. The van der Waals surface area contributed by atoms with Crippen LogP contribution >= 0.6 is 11.6 Å². The van der Waals surface area contributed by atoms with Crippen LogP contribution in [0.4, 0.5) is 0 Å². The average molecular weight is 292 g/mol. The minimum Gasteiger partial charge on any atom is -0.347 e. The molecule has 5 heteroatoms. The summed E-state index contributed by atoms with van der Waals surface area (Å²) in [4.78, 5) is 16.8. The Morgan fingerprint density at radius 3 is 2.85 bits per heavy atom. The molecule has 0 aromatic carbocycles. The molecule has 0 saturated heterocycles. The fourth-order valence-electron chi connectivity index (χ4n) is 2.64. The number of nitrogens with zero attached hydrogens (tertiary/aromatic N) is 2. The molecule has 1 fully saturated rings. The highest BCUT2D eigenvalue weighted by Gasteiger charge is 2.39. The third-order valence-electron chi connectivity index (χ3n) is 4.06. The van der Waals surface area contributed by atoms with Crippen molar-refractivity contribution in [2.45, 2.75) is 39.2 Å². The van der Waals surface area contributed by atoms with Gasteiger partial charge in [-0.2, -0.15) is 0 Å². The Kier molecular flexibility index (Phi) is 3.01. The Labute approximate surface area is 123 Å². The molecule has 20 heavy (non-hydrogen) atoms. The maximum absolute atomic E-state index is 12.5. The minimum absolute atomic E-state index is 0.0847. The number of hydrogen-bond acceptors (Lipinski definition) is 2. The van der Waals surface area contributed by atoms with Crippen molar-refractivity contribution in [2.24, 2.45) is 5.92 Å². The van der Waals surface area contributed by atoms with Gasteiger partial charge in [0.05, 0.1) is 5.56 Å². The van der Waals surface area contributed by atoms with Crippen LogP contribution in [0.5, 0.6) is 0 Å². The van der Waals surface area contributed by atoms with E-state index in [1.807, 2.05) is 17.5 Å². The summed E-state index contributed by atoms with van der Waals surface area (Å²) in [5, 5.41) is 3.52. The molecule has 0 bridgehead atoms. The quantitative estimate of drug-likeness (QED) is 0.883. The van der Waals surface area contributed by atoms with E-state index in [1.54, 1.807) is 12.1 Å². The van der Waals surface area contributed by atoms with Gasteiger partial charge in [-0.25, -0.2) is 4.98 Å². The van der Waals surface area contributed by atoms with Gasteiger partial charge in [0.25, 0.3) is 5.91 Å². The number of carbonyl (C=O) groups excluding carboxylic acids is 1. The summed E-state index contributed by atoms with van der Waals surface area (Å²) in [7, 11) is 0. The molecule has 3 rings (SSSR count). The summed E-state index contributed by atoms with van der Waals surface area (Å²) in [5.41, 5.74) is 1.97. The lowest BCUT2D eigenvalue weighted by Gasteiger charge is -2.25. The number of carbonyl (C=O) groups is 1. The topological polar surface area (TPSA) is 46.4 Å². The van der Waals surface area contributed by atoms with Crippen molar-refractivity contribution < 1.29 is 4.79 Å². The third kappa shape index (κ3) is 2.29. The number of rotatable bonds is 3. The van der Waals surface area contributed by atoms with Crippen LogP contribution in [0.3, 0.4) is 0 Å². The third-order valence-corrected chi connectivity index (χ3v) is 4.25. The Hall–Kier alpha value is -1.55. The van der Waals surface area contributed by atoms with Gasteiger partial charge in [-0.3, -0.25) is 4.79 Å². The number of fused-ring (bicyclic) bond motifs is 1. The highest BCUT2D eigenvalue weighted by Crippen LogP contribution is 2.39. The van der Waals surface area contributed by atoms with E-state index in [0.717, 1.165) is 5.69 Å². The van der Waals surface area contributed by atoms with Gasteiger partial charge in [0.15, 0.2) is 5.65 Å². The molecule has 0 radical (unpaired) electrons. The standard InChI is InChI=1S/C15H18ClN3O/c1-9-8-12(16)17-13-11(6-7-19(9)13)14(20)18-15(2,3)10-4-5-10/h6-8,10H,4-5H2,1-3H3,(H,18,20). The van der Waals surface area contributed by atoms with Crippen molar-refractivity contribution in [3.8, 4) is 0 Å². The van der Waals surface area contributed by atoms with E-state index in [0.29, 0.717) is 22.3 Å². The number of hydrogen-bond donors (Lipinski definition) is 1. The van der Waals surface area contributed by atoms with E-state index < -0.39 is 0 Å². The second kappa shape index (κ2) is 4.48. The highest BCUT2D eigenvalue weighted by molar-refractivity contribution is 6.29. The fraction of sp³-hybridized carbons (Fsp3) is 0.467. The predicted molar refractivity (Wildman–Crippen MR) is 79.2 cm³/mol. The van der Waals surface area contributed by atoms with Crippen LogP contribution in [0.25, 0.3) is 5.65 Å². The molecule has 1 aliphatic rings. The van der Waals surface area contributed by atoms with Crippen molar-refractivity contribution in [3.63, 3.8) is 0 Å². The van der Waals surface area contributed by atoms with Crippen molar-refractivity contribution >= 4 is 23.2 Å². The van der Waals surface area contributed by atoms with Gasteiger partial charge in [0, 0.05) is 17.4 Å². The van der Waals surface area contributed by atoms with E-state index in [1.165, 1.54) is 12.8 Å². The van der Waals surface area contributed by atoms with Crippen molar-refractivity contribution in [1.29, 1.82) is 0 Å². The lowest BCUT2D eigenvalue weighted by molar-refractivity contribution is 0.0905. The number of halogens is 1. The number of aromatic nitrogens is 2. The molecular formula is C15H18ClN3O. The molecule has 0 unspecified atom stereocenters. The minimum atomic E-state index is -0.168. The van der Waals surface area contributed by atoms with Gasteiger partial charge in [0.2, 0.25) is 0 Å². The summed E-state index contributed by atoms with van der Waals surface area (Å²) < 4.78 is 1.88. The maximum atomic E-state index is 12.5. The van der Waals surface area contributed by atoms with Crippen LogP contribution < -0.4 is 5.32 Å². The molecule has 4 nitrogen and oxygen atoms in total. The Bertz CT molecular complexity index is 686. The summed E-state index contributed by atoms with van der Waals surface area (Å²) in [6, 6.07) is 3.58. The first-order chi connectivity index (χ1) is 9.38. The Balaban J connectivity index is 1.95. The summed E-state index contributed by atoms with van der Waals surface area (Å²) in [6.07, 6.45) is 4.23. The second-order valence-electron chi connectivity index (χ2n) is 6.09. The fourth-order valence-corrected chi connectivity index (χ4v) is 2.88. The van der Waals surface area contributed by atoms with Gasteiger partial charge in [-0.1, -0.05) is 11.6 Å². The van der Waals surface area contributed by atoms with Crippen LogP contribution in [-0.4, -0.2) is 20.8 Å². The molecule has 106 valence electrons. The van der Waals surface area contributed by atoms with Gasteiger partial charge >= 0.3 is 0 Å². The van der Waals surface area contributed by atoms with Crippen LogP contribution in [0, 0.1) is 12.8 Å². The van der Waals surface area contributed by atoms with Gasteiger partial charge in [-0.05, 0) is 51.7 Å². The molecule has 2 heterocycles. The lowest BCUT2D eigenvalue weighted by Crippen LogP contribution is -2.45. The summed E-state index contributed by atoms with van der Waals surface area (Å²) in [6.45, 7) is 6.09. The molecular weight excluding hydrogens is 274 g/mol. The van der Waals surface area contributed by atoms with Gasteiger partial charge < -0.3 is 9.72 Å². The Morgan fingerprint density at radius 2 is 2.20 bits per heavy atom.